The number of rotatable bonds is 3. The summed E-state index contributed by atoms with van der Waals surface area (Å²) in [6, 6.07) is 5.51. The van der Waals surface area contributed by atoms with E-state index in [0.717, 1.165) is 25.0 Å². The van der Waals surface area contributed by atoms with Gasteiger partial charge in [-0.3, -0.25) is 0 Å². The lowest BCUT2D eigenvalue weighted by Crippen LogP contribution is -2.22. The first-order valence-corrected chi connectivity index (χ1v) is 7.00. The lowest BCUT2D eigenvalue weighted by Gasteiger charge is -2.20. The molecular formula is C13H16ClN5O. The van der Waals surface area contributed by atoms with Gasteiger partial charge in [-0.05, 0) is 42.3 Å². The predicted octanol–water partition coefficient (Wildman–Crippen LogP) is 2.32. The lowest BCUT2D eigenvalue weighted by molar-refractivity contribution is 0.0690. The minimum atomic E-state index is 0.0564. The summed E-state index contributed by atoms with van der Waals surface area (Å²) in [7, 11) is 0. The molecule has 1 aromatic carbocycles. The van der Waals surface area contributed by atoms with E-state index in [1.54, 1.807) is 10.7 Å². The molecule has 20 heavy (non-hydrogen) atoms. The van der Waals surface area contributed by atoms with Gasteiger partial charge in [-0.2, -0.15) is 0 Å². The molecule has 6 nitrogen and oxygen atoms in total. The zero-order valence-corrected chi connectivity index (χ0v) is 11.9. The summed E-state index contributed by atoms with van der Waals surface area (Å²) >= 11 is 6.06. The van der Waals surface area contributed by atoms with E-state index in [1.165, 1.54) is 0 Å². The largest absolute Gasteiger partial charge is 0.397 e. The molecule has 0 bridgehead atoms. The second kappa shape index (κ2) is 5.38. The number of aromatic nitrogens is 4. The van der Waals surface area contributed by atoms with E-state index in [2.05, 4.69) is 22.4 Å². The molecule has 7 heteroatoms. The van der Waals surface area contributed by atoms with Gasteiger partial charge in [0.25, 0.3) is 0 Å². The predicted molar refractivity (Wildman–Crippen MR) is 76.4 cm³/mol. The first-order valence-electron chi connectivity index (χ1n) is 6.62. The molecule has 2 N–H and O–H groups in total. The summed E-state index contributed by atoms with van der Waals surface area (Å²) in [4.78, 5) is 0. The highest BCUT2D eigenvalue weighted by molar-refractivity contribution is 6.33. The summed E-state index contributed by atoms with van der Waals surface area (Å²) in [5, 5.41) is 12.4. The Kier molecular flexibility index (Phi) is 3.58. The molecule has 0 amide bonds. The topological polar surface area (TPSA) is 78.8 Å². The Balaban J connectivity index is 1.99. The van der Waals surface area contributed by atoms with E-state index in [1.807, 2.05) is 12.1 Å². The molecule has 2 heterocycles. The summed E-state index contributed by atoms with van der Waals surface area (Å²) in [5.74, 6) is 0.619. The molecule has 106 valence electrons. The van der Waals surface area contributed by atoms with Crippen molar-refractivity contribution in [2.24, 2.45) is 0 Å². The van der Waals surface area contributed by atoms with E-state index in [-0.39, 0.29) is 12.1 Å². The molecule has 0 saturated carbocycles. The van der Waals surface area contributed by atoms with Crippen molar-refractivity contribution < 1.29 is 4.74 Å². The van der Waals surface area contributed by atoms with Gasteiger partial charge < -0.3 is 10.5 Å². The highest BCUT2D eigenvalue weighted by atomic mass is 35.5. The maximum Gasteiger partial charge on any atom is 0.184 e. The minimum Gasteiger partial charge on any atom is -0.397 e. The number of hydrogen-bond donors (Lipinski definition) is 1. The van der Waals surface area contributed by atoms with E-state index in [9.17, 15) is 0 Å². The molecule has 1 aliphatic rings. The molecule has 1 aromatic heterocycles. The van der Waals surface area contributed by atoms with Gasteiger partial charge in [0.1, 0.15) is 0 Å². The fourth-order valence-corrected chi connectivity index (χ4v) is 2.69. The number of tetrazole rings is 1. The van der Waals surface area contributed by atoms with Crippen LogP contribution in [0.2, 0.25) is 5.02 Å². The summed E-state index contributed by atoms with van der Waals surface area (Å²) < 4.78 is 7.47. The Hall–Kier alpha value is -1.66. The van der Waals surface area contributed by atoms with Crippen LogP contribution in [-0.4, -0.2) is 32.9 Å². The van der Waals surface area contributed by atoms with Gasteiger partial charge in [0.2, 0.25) is 0 Å². The Bertz CT molecular complexity index is 609. The molecule has 0 spiro atoms. The highest BCUT2D eigenvalue weighted by Crippen LogP contribution is 2.32. The van der Waals surface area contributed by atoms with Crippen LogP contribution in [0, 0.1) is 0 Å². The van der Waals surface area contributed by atoms with Crippen LogP contribution < -0.4 is 5.73 Å². The average Bonchev–Trinajstić information content (AvgIpc) is 3.11. The second-order valence-electron chi connectivity index (χ2n) is 4.94. The van der Waals surface area contributed by atoms with Gasteiger partial charge in [0.15, 0.2) is 5.82 Å². The summed E-state index contributed by atoms with van der Waals surface area (Å²) in [6.45, 7) is 2.85. The van der Waals surface area contributed by atoms with Crippen LogP contribution in [0.5, 0.6) is 0 Å². The molecule has 2 atom stereocenters. The van der Waals surface area contributed by atoms with Gasteiger partial charge in [0, 0.05) is 12.2 Å². The van der Waals surface area contributed by atoms with Crippen LogP contribution in [0.25, 0.3) is 11.4 Å². The Labute approximate surface area is 121 Å². The standard InChI is InChI=1S/C13H16ClN5O/c1-8(11-6-3-7-20-11)19-13(16-17-18-19)9-4-2-5-10(14)12(9)15/h2,4-5,8,11H,3,6-7,15H2,1H3. The van der Waals surface area contributed by atoms with Crippen molar-refractivity contribution in [2.75, 3.05) is 12.3 Å². The van der Waals surface area contributed by atoms with Crippen LogP contribution in [0.3, 0.4) is 0 Å². The van der Waals surface area contributed by atoms with Gasteiger partial charge in [-0.15, -0.1) is 5.10 Å². The van der Waals surface area contributed by atoms with E-state index in [4.69, 9.17) is 22.1 Å². The van der Waals surface area contributed by atoms with Crippen LogP contribution in [0.15, 0.2) is 18.2 Å². The first kappa shape index (κ1) is 13.3. The minimum absolute atomic E-state index is 0.0564. The number of nitrogen functional groups attached to an aromatic ring is 1. The van der Waals surface area contributed by atoms with Crippen LogP contribution in [0.4, 0.5) is 5.69 Å². The number of hydrogen-bond acceptors (Lipinski definition) is 5. The van der Waals surface area contributed by atoms with Crippen molar-refractivity contribution in [1.29, 1.82) is 0 Å². The lowest BCUT2D eigenvalue weighted by atomic mass is 10.1. The smallest absolute Gasteiger partial charge is 0.184 e. The van der Waals surface area contributed by atoms with Crippen LogP contribution >= 0.6 is 11.6 Å². The Morgan fingerprint density at radius 1 is 1.50 bits per heavy atom. The van der Waals surface area contributed by atoms with Gasteiger partial charge in [-0.25, -0.2) is 4.68 Å². The number of halogens is 1. The van der Waals surface area contributed by atoms with E-state index < -0.39 is 0 Å². The molecule has 1 saturated heterocycles. The molecule has 1 fully saturated rings. The third-order valence-corrected chi connectivity index (χ3v) is 4.00. The zero-order valence-electron chi connectivity index (χ0n) is 11.2. The van der Waals surface area contributed by atoms with Gasteiger partial charge in [0.05, 0.1) is 22.9 Å². The van der Waals surface area contributed by atoms with E-state index in [0.29, 0.717) is 16.5 Å². The van der Waals surface area contributed by atoms with Crippen LogP contribution in [-0.2, 0) is 4.74 Å². The fourth-order valence-electron chi connectivity index (χ4n) is 2.52. The monoisotopic (exact) mass is 293 g/mol. The average molecular weight is 294 g/mol. The van der Waals surface area contributed by atoms with Crippen molar-refractivity contribution in [3.05, 3.63) is 23.2 Å². The molecule has 0 aliphatic carbocycles. The number of nitrogens with zero attached hydrogens (tertiary/aromatic N) is 4. The van der Waals surface area contributed by atoms with Crippen molar-refractivity contribution in [3.8, 4) is 11.4 Å². The fraction of sp³-hybridized carbons (Fsp3) is 0.462. The van der Waals surface area contributed by atoms with Gasteiger partial charge >= 0.3 is 0 Å². The Morgan fingerprint density at radius 3 is 3.10 bits per heavy atom. The number of benzene rings is 1. The first-order chi connectivity index (χ1) is 9.68. The molecule has 1 aliphatic heterocycles. The van der Waals surface area contributed by atoms with Crippen molar-refractivity contribution in [1.82, 2.24) is 20.2 Å². The van der Waals surface area contributed by atoms with E-state index >= 15 is 0 Å². The normalized spacial score (nSPS) is 20.2. The third kappa shape index (κ3) is 2.25. The van der Waals surface area contributed by atoms with Crippen LogP contribution in [0.1, 0.15) is 25.8 Å². The highest BCUT2D eigenvalue weighted by Gasteiger charge is 2.27. The Morgan fingerprint density at radius 2 is 2.35 bits per heavy atom. The SMILES string of the molecule is CC(C1CCCO1)n1nnnc1-c1cccc(Cl)c1N. The zero-order chi connectivity index (χ0) is 14.1. The third-order valence-electron chi connectivity index (χ3n) is 3.68. The molecule has 3 rings (SSSR count). The quantitative estimate of drug-likeness (QED) is 0.879. The maximum atomic E-state index is 6.06. The van der Waals surface area contributed by atoms with Crippen molar-refractivity contribution in [3.63, 3.8) is 0 Å². The summed E-state index contributed by atoms with van der Waals surface area (Å²) in [6.07, 6.45) is 2.23. The molecule has 2 unspecified atom stereocenters. The van der Waals surface area contributed by atoms with Crippen molar-refractivity contribution in [2.45, 2.75) is 31.9 Å². The number of ether oxygens (including phenoxy) is 1. The number of para-hydroxylation sites is 1. The van der Waals surface area contributed by atoms with Crippen molar-refractivity contribution >= 4 is 17.3 Å². The molecule has 2 aromatic rings. The summed E-state index contributed by atoms with van der Waals surface area (Å²) in [5.41, 5.74) is 7.26. The number of nitrogens with two attached hydrogens (primary N) is 1. The van der Waals surface area contributed by atoms with Gasteiger partial charge in [-0.1, -0.05) is 17.7 Å². The number of anilines is 1. The molecule has 0 radical (unpaired) electrons. The molecular weight excluding hydrogens is 278 g/mol. The second-order valence-corrected chi connectivity index (χ2v) is 5.35. The maximum absolute atomic E-state index is 6.06.